The number of hydrogen-bond donors (Lipinski definition) is 3. The molecule has 4 rings (SSSR count). The van der Waals surface area contributed by atoms with Gasteiger partial charge in [-0.1, -0.05) is 18.2 Å². The van der Waals surface area contributed by atoms with Crippen LogP contribution in [-0.2, 0) is 11.2 Å². The van der Waals surface area contributed by atoms with Gasteiger partial charge in [-0.15, -0.1) is 0 Å². The smallest absolute Gasteiger partial charge is 0.230 e. The predicted octanol–water partition coefficient (Wildman–Crippen LogP) is 2.09. The third-order valence-electron chi connectivity index (χ3n) is 5.66. The normalized spacial score (nSPS) is 20.6. The molecule has 0 radical (unpaired) electrons. The molecule has 0 bridgehead atoms. The standard InChI is InChI=1S/C20H25N3O.CH4N2S/c1-4-23(5-2)20(24)14-9-16-15-7-6-8-17-19(15)13(11-21-17)10-18(16)22(3)12-14;2-1(3)4/h6-9,11,14,18,21H,4-5,10,12H2,1-3H3;(H4,2,3,4)/t14-,18-;/m1./s1. The number of carbonyl (C=O) groups is 1. The van der Waals surface area contributed by atoms with Gasteiger partial charge in [-0.25, -0.2) is 0 Å². The van der Waals surface area contributed by atoms with Gasteiger partial charge in [0.2, 0.25) is 5.91 Å². The zero-order valence-corrected chi connectivity index (χ0v) is 17.6. The molecular formula is C21H29N5OS. The number of fused-ring (bicyclic) bond motifs is 2. The first-order chi connectivity index (χ1) is 13.4. The molecule has 0 unspecified atom stereocenters. The topological polar surface area (TPSA) is 91.4 Å². The summed E-state index contributed by atoms with van der Waals surface area (Å²) >= 11 is 4.09. The first-order valence-corrected chi connectivity index (χ1v) is 10.1. The third kappa shape index (κ3) is 3.77. The summed E-state index contributed by atoms with van der Waals surface area (Å²) in [6.45, 7) is 6.47. The Morgan fingerprint density at radius 1 is 1.32 bits per heavy atom. The fraction of sp³-hybridized carbons (Fsp3) is 0.429. The molecule has 2 atom stereocenters. The summed E-state index contributed by atoms with van der Waals surface area (Å²) in [5.74, 6) is 0.210. The van der Waals surface area contributed by atoms with Gasteiger partial charge in [0.05, 0.1) is 5.92 Å². The summed E-state index contributed by atoms with van der Waals surface area (Å²) in [5.41, 5.74) is 14.4. The number of aromatic nitrogens is 1. The van der Waals surface area contributed by atoms with E-state index in [1.165, 1.54) is 27.6 Å². The van der Waals surface area contributed by atoms with E-state index in [1.807, 2.05) is 4.90 Å². The van der Waals surface area contributed by atoms with E-state index in [0.29, 0.717) is 6.04 Å². The maximum absolute atomic E-state index is 12.9. The molecule has 1 aromatic carbocycles. The molecule has 2 aliphatic rings. The zero-order chi connectivity index (χ0) is 20.4. The average Bonchev–Trinajstić information content (AvgIpc) is 3.07. The van der Waals surface area contributed by atoms with Crippen molar-refractivity contribution in [2.24, 2.45) is 17.4 Å². The fourth-order valence-electron chi connectivity index (χ4n) is 4.38. The number of likely N-dealkylation sites (N-methyl/N-ethyl adjacent to an activating group) is 1. The highest BCUT2D eigenvalue weighted by atomic mass is 32.1. The molecule has 0 saturated heterocycles. The van der Waals surface area contributed by atoms with E-state index in [9.17, 15) is 4.79 Å². The first kappa shape index (κ1) is 20.4. The third-order valence-corrected chi connectivity index (χ3v) is 5.66. The summed E-state index contributed by atoms with van der Waals surface area (Å²) in [6, 6.07) is 6.82. The Kier molecular flexibility index (Phi) is 6.05. The van der Waals surface area contributed by atoms with Gasteiger partial charge in [0, 0.05) is 42.8 Å². The summed E-state index contributed by atoms with van der Waals surface area (Å²) < 4.78 is 0. The fourth-order valence-corrected chi connectivity index (χ4v) is 4.38. The maximum atomic E-state index is 12.9. The number of carbonyl (C=O) groups excluding carboxylic acids is 1. The monoisotopic (exact) mass is 399 g/mol. The Labute approximate surface area is 171 Å². The number of nitrogens with two attached hydrogens (primary N) is 2. The SMILES string of the molecule is CCN(CC)C(=O)[C@@H]1C=C2c3cccc4[nH]cc(c34)C[C@H]2N(C)C1.NC(N)=S. The highest BCUT2D eigenvalue weighted by Crippen LogP contribution is 2.40. The Morgan fingerprint density at radius 2 is 2.00 bits per heavy atom. The molecule has 1 aliphatic heterocycles. The van der Waals surface area contributed by atoms with Crippen molar-refractivity contribution in [3.05, 3.63) is 41.6 Å². The Balaban J connectivity index is 0.000000516. The number of benzene rings is 1. The lowest BCUT2D eigenvalue weighted by Crippen LogP contribution is -2.47. The summed E-state index contributed by atoms with van der Waals surface area (Å²) in [6.07, 6.45) is 5.41. The van der Waals surface area contributed by atoms with Crippen molar-refractivity contribution in [1.29, 1.82) is 0 Å². The molecule has 1 aromatic heterocycles. The summed E-state index contributed by atoms with van der Waals surface area (Å²) in [5, 5.41) is 1.34. The molecule has 6 nitrogen and oxygen atoms in total. The number of nitrogens with zero attached hydrogens (tertiary/aromatic N) is 2. The van der Waals surface area contributed by atoms with Crippen molar-refractivity contribution >= 4 is 39.7 Å². The van der Waals surface area contributed by atoms with Crippen molar-refractivity contribution in [2.75, 3.05) is 26.7 Å². The van der Waals surface area contributed by atoms with E-state index in [4.69, 9.17) is 0 Å². The van der Waals surface area contributed by atoms with Gasteiger partial charge in [0.25, 0.3) is 0 Å². The second-order valence-corrected chi connectivity index (χ2v) is 7.81. The second kappa shape index (κ2) is 8.32. The minimum Gasteiger partial charge on any atom is -0.377 e. The first-order valence-electron chi connectivity index (χ1n) is 9.72. The van der Waals surface area contributed by atoms with Crippen LogP contribution in [0.2, 0.25) is 0 Å². The van der Waals surface area contributed by atoms with Crippen LogP contribution in [0.5, 0.6) is 0 Å². The van der Waals surface area contributed by atoms with Crippen molar-refractivity contribution in [2.45, 2.75) is 26.3 Å². The van der Waals surface area contributed by atoms with Crippen LogP contribution < -0.4 is 11.5 Å². The van der Waals surface area contributed by atoms with Crippen LogP contribution in [0.15, 0.2) is 30.5 Å². The molecule has 1 amide bonds. The average molecular weight is 400 g/mol. The van der Waals surface area contributed by atoms with E-state index in [1.54, 1.807) is 0 Å². The van der Waals surface area contributed by atoms with Crippen molar-refractivity contribution < 1.29 is 4.79 Å². The highest BCUT2D eigenvalue weighted by molar-refractivity contribution is 7.80. The Bertz CT molecular complexity index is 911. The molecule has 7 heteroatoms. The van der Waals surface area contributed by atoms with Crippen LogP contribution in [0.3, 0.4) is 0 Å². The van der Waals surface area contributed by atoms with Crippen LogP contribution in [0, 0.1) is 5.92 Å². The lowest BCUT2D eigenvalue weighted by atomic mass is 9.79. The van der Waals surface area contributed by atoms with Crippen LogP contribution in [-0.4, -0.2) is 58.5 Å². The number of thiocarbonyl (C=S) groups is 1. The molecule has 150 valence electrons. The van der Waals surface area contributed by atoms with E-state index >= 15 is 0 Å². The van der Waals surface area contributed by atoms with E-state index < -0.39 is 0 Å². The number of rotatable bonds is 3. The highest BCUT2D eigenvalue weighted by Gasteiger charge is 2.36. The van der Waals surface area contributed by atoms with E-state index in [-0.39, 0.29) is 16.9 Å². The van der Waals surface area contributed by atoms with Crippen molar-refractivity contribution in [3.8, 4) is 0 Å². The molecule has 2 aromatic rings. The van der Waals surface area contributed by atoms with Gasteiger partial charge in [-0.2, -0.15) is 0 Å². The molecule has 28 heavy (non-hydrogen) atoms. The number of hydrogen-bond acceptors (Lipinski definition) is 3. The molecule has 0 fully saturated rings. The minimum absolute atomic E-state index is 0.000000000000000222. The van der Waals surface area contributed by atoms with Gasteiger partial charge < -0.3 is 21.4 Å². The van der Waals surface area contributed by atoms with Crippen LogP contribution in [0.1, 0.15) is 25.0 Å². The number of H-pyrrole nitrogens is 1. The van der Waals surface area contributed by atoms with Gasteiger partial charge in [0.15, 0.2) is 5.11 Å². The number of amides is 1. The van der Waals surface area contributed by atoms with Gasteiger partial charge >= 0.3 is 0 Å². The largest absolute Gasteiger partial charge is 0.377 e. The Hall–Kier alpha value is -2.38. The van der Waals surface area contributed by atoms with Gasteiger partial charge in [-0.3, -0.25) is 9.69 Å². The number of nitrogens with one attached hydrogen (secondary N) is 1. The van der Waals surface area contributed by atoms with Crippen LogP contribution in [0.4, 0.5) is 0 Å². The summed E-state index contributed by atoms with van der Waals surface area (Å²) in [7, 11) is 2.15. The second-order valence-electron chi connectivity index (χ2n) is 7.34. The Morgan fingerprint density at radius 3 is 2.64 bits per heavy atom. The van der Waals surface area contributed by atoms with Crippen LogP contribution in [0.25, 0.3) is 16.5 Å². The minimum atomic E-state index is -0.0445. The van der Waals surface area contributed by atoms with Gasteiger partial charge in [0.1, 0.15) is 0 Å². The molecule has 5 N–H and O–H groups in total. The van der Waals surface area contributed by atoms with Crippen LogP contribution >= 0.6 is 12.2 Å². The zero-order valence-electron chi connectivity index (χ0n) is 16.7. The lowest BCUT2D eigenvalue weighted by Gasteiger charge is -2.40. The molecular weight excluding hydrogens is 370 g/mol. The quantitative estimate of drug-likeness (QED) is 0.688. The summed E-state index contributed by atoms with van der Waals surface area (Å²) in [4.78, 5) is 20.6. The molecule has 0 spiro atoms. The van der Waals surface area contributed by atoms with Crippen molar-refractivity contribution in [1.82, 2.24) is 14.8 Å². The lowest BCUT2D eigenvalue weighted by molar-refractivity contribution is -0.134. The molecule has 0 saturated carbocycles. The molecule has 1 aliphatic carbocycles. The predicted molar refractivity (Wildman–Crippen MR) is 119 cm³/mol. The van der Waals surface area contributed by atoms with E-state index in [2.05, 4.69) is 84.9 Å². The maximum Gasteiger partial charge on any atom is 0.230 e. The van der Waals surface area contributed by atoms with Crippen molar-refractivity contribution in [3.63, 3.8) is 0 Å². The van der Waals surface area contributed by atoms with E-state index in [0.717, 1.165) is 26.1 Å². The number of aromatic amines is 1. The van der Waals surface area contributed by atoms with Gasteiger partial charge in [-0.05, 0) is 62.3 Å². The molecule has 2 heterocycles.